The molecule has 0 spiro atoms. The molecule has 2 aliphatic rings. The van der Waals surface area contributed by atoms with Gasteiger partial charge in [0, 0.05) is 26.2 Å². The Morgan fingerprint density at radius 1 is 1.20 bits per heavy atom. The minimum absolute atomic E-state index is 0.0626. The maximum absolute atomic E-state index is 12.5. The Hall–Kier alpha value is -1.16. The fraction of sp³-hybridized carbons (Fsp3) is 0.600. The number of rotatable bonds is 5. The molecule has 0 unspecified atom stereocenters. The molecular weight excluding hydrogens is 388 g/mol. The van der Waals surface area contributed by atoms with Gasteiger partial charge in [0.05, 0.1) is 10.3 Å². The lowest BCUT2D eigenvalue weighted by molar-refractivity contribution is -0.158. The number of esters is 1. The van der Waals surface area contributed by atoms with Crippen LogP contribution in [-0.2, 0) is 24.3 Å². The zero-order valence-corrected chi connectivity index (χ0v) is 15.9. The van der Waals surface area contributed by atoms with E-state index in [0.717, 1.165) is 30.6 Å². The second-order valence-electron chi connectivity index (χ2n) is 6.08. The van der Waals surface area contributed by atoms with Crippen molar-refractivity contribution in [1.29, 1.82) is 0 Å². The first-order chi connectivity index (χ1) is 11.9. The second kappa shape index (κ2) is 7.61. The highest BCUT2D eigenvalue weighted by Gasteiger charge is 2.32. The van der Waals surface area contributed by atoms with Crippen molar-refractivity contribution in [2.75, 3.05) is 32.8 Å². The summed E-state index contributed by atoms with van der Waals surface area (Å²) >= 11 is 6.82. The number of nitrogens with zero attached hydrogens (tertiary/aromatic N) is 2. The lowest BCUT2D eigenvalue weighted by Crippen LogP contribution is -2.51. The summed E-state index contributed by atoms with van der Waals surface area (Å²) in [7, 11) is -3.58. The van der Waals surface area contributed by atoms with Gasteiger partial charge in [0.15, 0.2) is 6.61 Å². The molecule has 25 heavy (non-hydrogen) atoms. The van der Waals surface area contributed by atoms with Crippen molar-refractivity contribution in [3.63, 3.8) is 0 Å². The average molecular weight is 407 g/mol. The Morgan fingerprint density at radius 3 is 2.40 bits per heavy atom. The number of halogens is 1. The van der Waals surface area contributed by atoms with Crippen molar-refractivity contribution >= 4 is 44.8 Å². The molecule has 0 N–H and O–H groups in total. The second-order valence-corrected chi connectivity index (χ2v) is 9.96. The predicted molar refractivity (Wildman–Crippen MR) is 93.0 cm³/mol. The quantitative estimate of drug-likeness (QED) is 0.693. The van der Waals surface area contributed by atoms with E-state index >= 15 is 0 Å². The smallest absolute Gasteiger partial charge is 0.309 e. The van der Waals surface area contributed by atoms with Gasteiger partial charge in [-0.3, -0.25) is 9.59 Å². The summed E-state index contributed by atoms with van der Waals surface area (Å²) in [5, 5.41) is 0. The summed E-state index contributed by atoms with van der Waals surface area (Å²) in [4.78, 5) is 25.3. The zero-order chi connectivity index (χ0) is 18.0. The van der Waals surface area contributed by atoms with Crippen molar-refractivity contribution in [2.45, 2.75) is 23.5 Å². The maximum atomic E-state index is 12.5. The largest absolute Gasteiger partial charge is 0.455 e. The van der Waals surface area contributed by atoms with Crippen LogP contribution < -0.4 is 0 Å². The number of hydrogen-bond donors (Lipinski definition) is 0. The van der Waals surface area contributed by atoms with Gasteiger partial charge in [-0.05, 0) is 25.0 Å². The van der Waals surface area contributed by atoms with Crippen LogP contribution in [-0.4, -0.2) is 62.3 Å². The molecule has 1 saturated heterocycles. The molecule has 1 aliphatic carbocycles. The lowest BCUT2D eigenvalue weighted by Gasteiger charge is -2.33. The highest BCUT2D eigenvalue weighted by molar-refractivity contribution is 7.91. The van der Waals surface area contributed by atoms with E-state index in [1.165, 1.54) is 15.3 Å². The summed E-state index contributed by atoms with van der Waals surface area (Å²) in [6, 6.07) is 3.04. The Balaban J connectivity index is 1.49. The Kier molecular flexibility index (Phi) is 5.67. The van der Waals surface area contributed by atoms with Gasteiger partial charge in [-0.15, -0.1) is 11.3 Å². The van der Waals surface area contributed by atoms with Crippen LogP contribution >= 0.6 is 22.9 Å². The van der Waals surface area contributed by atoms with E-state index in [9.17, 15) is 18.0 Å². The number of carbonyl (C=O) groups excluding carboxylic acids is 2. The van der Waals surface area contributed by atoms with Crippen molar-refractivity contribution < 1.29 is 22.7 Å². The molecule has 1 saturated carbocycles. The van der Waals surface area contributed by atoms with Crippen molar-refractivity contribution in [1.82, 2.24) is 9.21 Å². The highest BCUT2D eigenvalue weighted by Crippen LogP contribution is 2.29. The van der Waals surface area contributed by atoms with Crippen LogP contribution in [0.15, 0.2) is 16.3 Å². The van der Waals surface area contributed by atoms with Gasteiger partial charge in [0.25, 0.3) is 15.9 Å². The van der Waals surface area contributed by atoms with E-state index in [0.29, 0.717) is 4.34 Å². The molecule has 3 rings (SSSR count). The molecular formula is C15H19ClN2O5S2. The monoisotopic (exact) mass is 406 g/mol. The van der Waals surface area contributed by atoms with E-state index < -0.39 is 10.0 Å². The predicted octanol–water partition coefficient (Wildman–Crippen LogP) is 1.58. The van der Waals surface area contributed by atoms with E-state index in [2.05, 4.69) is 0 Å². The fourth-order valence-electron chi connectivity index (χ4n) is 2.73. The molecule has 2 heterocycles. The first-order valence-electron chi connectivity index (χ1n) is 8.08. The van der Waals surface area contributed by atoms with Gasteiger partial charge in [0.2, 0.25) is 0 Å². The van der Waals surface area contributed by atoms with Crippen LogP contribution in [0, 0.1) is 5.92 Å². The van der Waals surface area contributed by atoms with Crippen LogP contribution in [0.2, 0.25) is 4.34 Å². The van der Waals surface area contributed by atoms with Gasteiger partial charge >= 0.3 is 5.97 Å². The average Bonchev–Trinajstić information content (AvgIpc) is 2.98. The fourth-order valence-corrected chi connectivity index (χ4v) is 5.79. The molecule has 0 atom stereocenters. The number of piperazine rings is 1. The topological polar surface area (TPSA) is 84.0 Å². The van der Waals surface area contributed by atoms with Gasteiger partial charge in [0.1, 0.15) is 4.21 Å². The summed E-state index contributed by atoms with van der Waals surface area (Å²) in [5.74, 6) is -0.660. The first kappa shape index (κ1) is 18.6. The molecule has 0 bridgehead atoms. The molecule has 10 heteroatoms. The summed E-state index contributed by atoms with van der Waals surface area (Å²) in [5.41, 5.74) is 0. The van der Waals surface area contributed by atoms with Gasteiger partial charge in [-0.25, -0.2) is 8.42 Å². The third-order valence-corrected chi connectivity index (χ3v) is 8.11. The molecule has 1 amide bonds. The van der Waals surface area contributed by atoms with Crippen molar-refractivity contribution in [3.8, 4) is 0 Å². The van der Waals surface area contributed by atoms with Gasteiger partial charge in [-0.2, -0.15) is 4.31 Å². The molecule has 1 aromatic heterocycles. The van der Waals surface area contributed by atoms with Gasteiger partial charge in [-0.1, -0.05) is 18.0 Å². The van der Waals surface area contributed by atoms with Crippen LogP contribution in [0.3, 0.4) is 0 Å². The molecule has 0 aromatic carbocycles. The summed E-state index contributed by atoms with van der Waals surface area (Å²) in [6.45, 7) is 0.694. The molecule has 2 fully saturated rings. The van der Waals surface area contributed by atoms with Crippen molar-refractivity contribution in [3.05, 3.63) is 16.5 Å². The first-order valence-corrected chi connectivity index (χ1v) is 10.7. The Labute approximate surface area is 155 Å². The van der Waals surface area contributed by atoms with Crippen LogP contribution in [0.25, 0.3) is 0 Å². The minimum atomic E-state index is -3.58. The number of ether oxygens (including phenoxy) is 1. The SMILES string of the molecule is O=C(OCC(=O)N1CCN(S(=O)(=O)c2ccc(Cl)s2)CC1)C1CCC1. The zero-order valence-electron chi connectivity index (χ0n) is 13.5. The van der Waals surface area contributed by atoms with E-state index in [1.54, 1.807) is 6.07 Å². The third kappa shape index (κ3) is 4.16. The summed E-state index contributed by atoms with van der Waals surface area (Å²) < 4.78 is 32.0. The van der Waals surface area contributed by atoms with E-state index in [1.807, 2.05) is 0 Å². The normalized spacial score (nSPS) is 19.5. The van der Waals surface area contributed by atoms with Crippen molar-refractivity contribution in [2.24, 2.45) is 5.92 Å². The molecule has 0 radical (unpaired) electrons. The number of thiophene rings is 1. The molecule has 1 aliphatic heterocycles. The third-order valence-electron chi connectivity index (χ3n) is 4.51. The molecule has 7 nitrogen and oxygen atoms in total. The Bertz CT molecular complexity index is 752. The standard InChI is InChI=1S/C15H19ClN2O5S2/c16-12-4-5-14(24-12)25(21,22)18-8-6-17(7-9-18)13(19)10-23-15(20)11-2-1-3-11/h4-5,11H,1-3,6-10H2. The number of carbonyl (C=O) groups is 2. The van der Waals surface area contributed by atoms with E-state index in [-0.39, 0.29) is 54.8 Å². The summed E-state index contributed by atoms with van der Waals surface area (Å²) in [6.07, 6.45) is 2.69. The molecule has 1 aromatic rings. The van der Waals surface area contributed by atoms with Crippen LogP contribution in [0.4, 0.5) is 0 Å². The Morgan fingerprint density at radius 2 is 1.88 bits per heavy atom. The number of sulfonamides is 1. The lowest BCUT2D eigenvalue weighted by atomic mass is 9.86. The van der Waals surface area contributed by atoms with Crippen LogP contribution in [0.1, 0.15) is 19.3 Å². The highest BCUT2D eigenvalue weighted by atomic mass is 35.5. The molecule has 138 valence electrons. The maximum Gasteiger partial charge on any atom is 0.309 e. The van der Waals surface area contributed by atoms with Crippen LogP contribution in [0.5, 0.6) is 0 Å². The van der Waals surface area contributed by atoms with E-state index in [4.69, 9.17) is 16.3 Å². The van der Waals surface area contributed by atoms with Gasteiger partial charge < -0.3 is 9.64 Å². The number of hydrogen-bond acceptors (Lipinski definition) is 6. The number of amides is 1. The minimum Gasteiger partial charge on any atom is -0.455 e.